The third-order valence-corrected chi connectivity index (χ3v) is 5.73. The fourth-order valence-electron chi connectivity index (χ4n) is 4.03. The smallest absolute Gasteiger partial charge is 0.168 e. The second-order valence-electron chi connectivity index (χ2n) is 8.07. The van der Waals surface area contributed by atoms with E-state index in [1.165, 1.54) is 11.1 Å². The highest BCUT2D eigenvalue weighted by atomic mass is 16.1. The van der Waals surface area contributed by atoms with Crippen LogP contribution in [0, 0.1) is 0 Å². The average molecular weight is 397 g/mol. The number of ketones is 1. The van der Waals surface area contributed by atoms with Crippen molar-refractivity contribution >= 4 is 16.6 Å². The van der Waals surface area contributed by atoms with E-state index in [0.29, 0.717) is 6.42 Å². The second kappa shape index (κ2) is 7.46. The van der Waals surface area contributed by atoms with Gasteiger partial charge >= 0.3 is 0 Å². The molecule has 3 aromatic heterocycles. The number of aromatic nitrogens is 4. The number of likely N-dealkylation sites (N-methyl/N-ethyl adjacent to an activating group) is 1. The third kappa shape index (κ3) is 3.62. The van der Waals surface area contributed by atoms with E-state index in [4.69, 9.17) is 0 Å². The van der Waals surface area contributed by atoms with Crippen molar-refractivity contribution in [2.45, 2.75) is 19.4 Å². The first kappa shape index (κ1) is 18.6. The Morgan fingerprint density at radius 2 is 1.87 bits per heavy atom. The minimum Gasteiger partial charge on any atom is -0.302 e. The molecule has 4 heterocycles. The average Bonchev–Trinajstić information content (AvgIpc) is 3.19. The Kier molecular flexibility index (Phi) is 4.64. The zero-order valence-electron chi connectivity index (χ0n) is 17.2. The first-order chi connectivity index (χ1) is 14.5. The van der Waals surface area contributed by atoms with Gasteiger partial charge in [0, 0.05) is 60.9 Å². The summed E-state index contributed by atoms with van der Waals surface area (Å²) in [5, 5.41) is 6.19. The lowest BCUT2D eigenvalue weighted by molar-refractivity contribution is 0.0992. The zero-order valence-corrected chi connectivity index (χ0v) is 17.2. The van der Waals surface area contributed by atoms with Crippen molar-refractivity contribution in [3.05, 3.63) is 77.5 Å². The van der Waals surface area contributed by atoms with E-state index < -0.39 is 0 Å². The van der Waals surface area contributed by atoms with Gasteiger partial charge in [-0.1, -0.05) is 12.1 Å². The molecule has 0 unspecified atom stereocenters. The molecule has 1 aliphatic rings. The van der Waals surface area contributed by atoms with Gasteiger partial charge in [-0.05, 0) is 48.2 Å². The Bertz CT molecular complexity index is 1260. The summed E-state index contributed by atoms with van der Waals surface area (Å²) in [6.45, 7) is 1.98. The predicted octanol–water partition coefficient (Wildman–Crippen LogP) is 3.44. The Morgan fingerprint density at radius 1 is 1.00 bits per heavy atom. The van der Waals surface area contributed by atoms with Crippen LogP contribution in [-0.2, 0) is 26.4 Å². The van der Waals surface area contributed by atoms with Crippen molar-refractivity contribution in [2.24, 2.45) is 7.05 Å². The van der Waals surface area contributed by atoms with Gasteiger partial charge in [-0.2, -0.15) is 5.10 Å². The van der Waals surface area contributed by atoms with E-state index in [9.17, 15) is 4.79 Å². The SMILES string of the molecule is CN1CCc2cc(C(=O)Cc3cc4cc(-c5cnn(C)c5)ncc4cn3)ccc2C1. The highest BCUT2D eigenvalue weighted by Crippen LogP contribution is 2.23. The molecule has 0 saturated carbocycles. The summed E-state index contributed by atoms with van der Waals surface area (Å²) in [5.74, 6) is 0.102. The molecule has 0 fully saturated rings. The number of hydrogen-bond donors (Lipinski definition) is 0. The Hall–Kier alpha value is -3.38. The molecule has 30 heavy (non-hydrogen) atoms. The minimum absolute atomic E-state index is 0.102. The lowest BCUT2D eigenvalue weighted by atomic mass is 9.95. The van der Waals surface area contributed by atoms with Gasteiger partial charge in [-0.25, -0.2) is 0 Å². The quantitative estimate of drug-likeness (QED) is 0.494. The van der Waals surface area contributed by atoms with Crippen LogP contribution in [0.4, 0.5) is 0 Å². The van der Waals surface area contributed by atoms with Crippen LogP contribution in [0.15, 0.2) is 55.1 Å². The van der Waals surface area contributed by atoms with Gasteiger partial charge in [0.2, 0.25) is 0 Å². The summed E-state index contributed by atoms with van der Waals surface area (Å²) < 4.78 is 1.76. The Balaban J connectivity index is 1.40. The Morgan fingerprint density at radius 3 is 2.70 bits per heavy atom. The molecule has 6 nitrogen and oxygen atoms in total. The number of carbonyl (C=O) groups is 1. The van der Waals surface area contributed by atoms with Crippen molar-refractivity contribution in [2.75, 3.05) is 13.6 Å². The van der Waals surface area contributed by atoms with Gasteiger partial charge in [0.15, 0.2) is 5.78 Å². The zero-order chi connectivity index (χ0) is 20.7. The molecule has 0 saturated heterocycles. The molecule has 0 aliphatic carbocycles. The van der Waals surface area contributed by atoms with E-state index in [1.807, 2.05) is 37.6 Å². The number of nitrogens with zero attached hydrogens (tertiary/aromatic N) is 5. The number of benzene rings is 1. The number of pyridine rings is 2. The predicted molar refractivity (Wildman–Crippen MR) is 116 cm³/mol. The molecule has 0 atom stereocenters. The minimum atomic E-state index is 0.102. The standard InChI is InChI=1S/C24H23N5O/c1-28-6-5-16-7-17(3-4-18(16)14-28)24(30)10-22-8-19-9-23(21-13-27-29(2)15-21)26-12-20(19)11-25-22/h3-4,7-9,11-13,15H,5-6,10,14H2,1-2H3. The summed E-state index contributed by atoms with van der Waals surface area (Å²) in [4.78, 5) is 24.2. The van der Waals surface area contributed by atoms with Gasteiger partial charge in [-0.15, -0.1) is 0 Å². The van der Waals surface area contributed by atoms with Crippen molar-refractivity contribution in [3.8, 4) is 11.3 Å². The molecule has 1 aromatic carbocycles. The van der Waals surface area contributed by atoms with Crippen LogP contribution < -0.4 is 0 Å². The normalized spacial score (nSPS) is 14.1. The van der Waals surface area contributed by atoms with Gasteiger partial charge in [0.05, 0.1) is 18.3 Å². The maximum absolute atomic E-state index is 12.9. The van der Waals surface area contributed by atoms with E-state index in [1.54, 1.807) is 17.1 Å². The van der Waals surface area contributed by atoms with Crippen molar-refractivity contribution in [3.63, 3.8) is 0 Å². The van der Waals surface area contributed by atoms with Crippen molar-refractivity contribution in [1.82, 2.24) is 24.6 Å². The molecule has 0 bridgehead atoms. The van der Waals surface area contributed by atoms with Crippen LogP contribution in [0.1, 0.15) is 27.2 Å². The van der Waals surface area contributed by atoms with Gasteiger partial charge in [0.1, 0.15) is 0 Å². The number of carbonyl (C=O) groups excluding carboxylic acids is 1. The lowest BCUT2D eigenvalue weighted by Gasteiger charge is -2.25. The fourth-order valence-corrected chi connectivity index (χ4v) is 4.03. The molecule has 0 N–H and O–H groups in total. The first-order valence-electron chi connectivity index (χ1n) is 10.1. The molecule has 5 rings (SSSR count). The molecule has 6 heteroatoms. The molecular formula is C24H23N5O. The summed E-state index contributed by atoms with van der Waals surface area (Å²) >= 11 is 0. The number of aryl methyl sites for hydroxylation is 1. The number of fused-ring (bicyclic) bond motifs is 2. The maximum atomic E-state index is 12.9. The molecule has 1 aliphatic heterocycles. The summed E-state index contributed by atoms with van der Waals surface area (Å²) in [7, 11) is 4.01. The van der Waals surface area contributed by atoms with Crippen LogP contribution in [-0.4, -0.2) is 44.0 Å². The molecular weight excluding hydrogens is 374 g/mol. The topological polar surface area (TPSA) is 63.9 Å². The fraction of sp³-hybridized carbons (Fsp3) is 0.250. The van der Waals surface area contributed by atoms with Crippen molar-refractivity contribution < 1.29 is 4.79 Å². The van der Waals surface area contributed by atoms with E-state index in [0.717, 1.165) is 52.8 Å². The van der Waals surface area contributed by atoms with Gasteiger partial charge in [0.25, 0.3) is 0 Å². The molecule has 0 amide bonds. The first-order valence-corrected chi connectivity index (χ1v) is 10.1. The van der Waals surface area contributed by atoms with E-state index in [-0.39, 0.29) is 5.78 Å². The molecule has 4 aromatic rings. The number of rotatable bonds is 4. The number of Topliss-reactive ketones (excluding diaryl/α,β-unsaturated/α-hetero) is 1. The summed E-state index contributed by atoms with van der Waals surface area (Å²) in [6, 6.07) is 10.1. The van der Waals surface area contributed by atoms with E-state index in [2.05, 4.69) is 39.1 Å². The van der Waals surface area contributed by atoms with Gasteiger partial charge in [-0.3, -0.25) is 19.4 Å². The second-order valence-corrected chi connectivity index (χ2v) is 8.07. The number of hydrogen-bond acceptors (Lipinski definition) is 5. The van der Waals surface area contributed by atoms with Crippen LogP contribution in [0.5, 0.6) is 0 Å². The highest BCUT2D eigenvalue weighted by molar-refractivity contribution is 5.98. The maximum Gasteiger partial charge on any atom is 0.168 e. The highest BCUT2D eigenvalue weighted by Gasteiger charge is 2.16. The van der Waals surface area contributed by atoms with E-state index >= 15 is 0 Å². The molecule has 150 valence electrons. The molecule has 0 spiro atoms. The van der Waals surface area contributed by atoms with Crippen LogP contribution >= 0.6 is 0 Å². The largest absolute Gasteiger partial charge is 0.302 e. The van der Waals surface area contributed by atoms with Crippen molar-refractivity contribution in [1.29, 1.82) is 0 Å². The van der Waals surface area contributed by atoms with Crippen LogP contribution in [0.3, 0.4) is 0 Å². The van der Waals surface area contributed by atoms with Crippen LogP contribution in [0.2, 0.25) is 0 Å². The van der Waals surface area contributed by atoms with Gasteiger partial charge < -0.3 is 4.90 Å². The Labute approximate surface area is 175 Å². The third-order valence-electron chi connectivity index (χ3n) is 5.73. The summed E-state index contributed by atoms with van der Waals surface area (Å²) in [6.07, 6.45) is 8.63. The molecule has 0 radical (unpaired) electrons. The monoisotopic (exact) mass is 397 g/mol. The van der Waals surface area contributed by atoms with Crippen LogP contribution in [0.25, 0.3) is 22.0 Å². The lowest BCUT2D eigenvalue weighted by Crippen LogP contribution is -2.26. The summed E-state index contributed by atoms with van der Waals surface area (Å²) in [5.41, 5.74) is 5.98.